The standard InChI is InChI=1S/C19H26N2O4S/c1-4-13(2)18(19(23)20-14(3)12-22)21-26(24,25)17-11-7-9-15-8-5-6-10-16(15)17/h5-11,13-14,18,21-22H,4,12H2,1-3H3,(H,20,23)/t13?,14-,18-/m0/s1. The van der Waals surface area contributed by atoms with Crippen molar-refractivity contribution >= 4 is 26.7 Å². The van der Waals surface area contributed by atoms with Gasteiger partial charge in [0.15, 0.2) is 0 Å². The van der Waals surface area contributed by atoms with E-state index in [1.54, 1.807) is 25.1 Å². The number of hydrogen-bond donors (Lipinski definition) is 3. The number of aliphatic hydroxyl groups excluding tert-OH is 1. The van der Waals surface area contributed by atoms with Gasteiger partial charge in [-0.3, -0.25) is 4.79 Å². The van der Waals surface area contributed by atoms with Crippen LogP contribution in [0.25, 0.3) is 10.8 Å². The van der Waals surface area contributed by atoms with E-state index in [4.69, 9.17) is 5.11 Å². The molecule has 0 saturated carbocycles. The smallest absolute Gasteiger partial charge is 0.241 e. The van der Waals surface area contributed by atoms with Crippen LogP contribution in [-0.4, -0.2) is 38.1 Å². The number of nitrogens with one attached hydrogen (secondary N) is 2. The molecule has 3 atom stereocenters. The van der Waals surface area contributed by atoms with Crippen molar-refractivity contribution in [2.24, 2.45) is 5.92 Å². The van der Waals surface area contributed by atoms with Gasteiger partial charge in [0.2, 0.25) is 15.9 Å². The van der Waals surface area contributed by atoms with Crippen molar-refractivity contribution in [3.05, 3.63) is 42.5 Å². The van der Waals surface area contributed by atoms with E-state index < -0.39 is 28.0 Å². The van der Waals surface area contributed by atoms with E-state index in [1.807, 2.05) is 32.0 Å². The van der Waals surface area contributed by atoms with Crippen molar-refractivity contribution in [2.45, 2.75) is 44.2 Å². The monoisotopic (exact) mass is 378 g/mol. The lowest BCUT2D eigenvalue weighted by molar-refractivity contribution is -0.124. The molecule has 2 aromatic carbocycles. The number of carbonyl (C=O) groups is 1. The molecule has 3 N–H and O–H groups in total. The van der Waals surface area contributed by atoms with Crippen LogP contribution in [-0.2, 0) is 14.8 Å². The van der Waals surface area contributed by atoms with Crippen LogP contribution >= 0.6 is 0 Å². The highest BCUT2D eigenvalue weighted by Crippen LogP contribution is 2.23. The van der Waals surface area contributed by atoms with Gasteiger partial charge in [-0.2, -0.15) is 4.72 Å². The van der Waals surface area contributed by atoms with Crippen molar-refractivity contribution in [1.29, 1.82) is 0 Å². The van der Waals surface area contributed by atoms with Gasteiger partial charge in [0.25, 0.3) is 0 Å². The Morgan fingerprint density at radius 1 is 1.12 bits per heavy atom. The number of amides is 1. The summed E-state index contributed by atoms with van der Waals surface area (Å²) in [6, 6.07) is 10.9. The summed E-state index contributed by atoms with van der Waals surface area (Å²) in [6.45, 7) is 5.16. The zero-order valence-electron chi connectivity index (χ0n) is 15.3. The molecule has 6 nitrogen and oxygen atoms in total. The Labute approximate surface area is 154 Å². The maximum atomic E-state index is 13.0. The van der Waals surface area contributed by atoms with Gasteiger partial charge in [0.05, 0.1) is 11.5 Å². The summed E-state index contributed by atoms with van der Waals surface area (Å²) in [6.07, 6.45) is 0.629. The van der Waals surface area contributed by atoms with Crippen molar-refractivity contribution in [2.75, 3.05) is 6.61 Å². The summed E-state index contributed by atoms with van der Waals surface area (Å²) >= 11 is 0. The fourth-order valence-electron chi connectivity index (χ4n) is 2.70. The molecule has 2 aromatic rings. The summed E-state index contributed by atoms with van der Waals surface area (Å²) in [7, 11) is -3.90. The number of fused-ring (bicyclic) bond motifs is 1. The molecule has 0 aliphatic heterocycles. The summed E-state index contributed by atoms with van der Waals surface area (Å²) in [5.41, 5.74) is 0. The molecule has 0 aliphatic carbocycles. The molecule has 0 aromatic heterocycles. The molecule has 0 fully saturated rings. The lowest BCUT2D eigenvalue weighted by Crippen LogP contribution is -2.52. The van der Waals surface area contributed by atoms with E-state index in [-0.39, 0.29) is 17.4 Å². The molecule has 0 heterocycles. The van der Waals surface area contributed by atoms with Gasteiger partial charge in [-0.1, -0.05) is 56.7 Å². The number of benzene rings is 2. The van der Waals surface area contributed by atoms with Crippen molar-refractivity contribution < 1.29 is 18.3 Å². The third-order valence-electron chi connectivity index (χ3n) is 4.48. The Morgan fingerprint density at radius 2 is 1.77 bits per heavy atom. The minimum absolute atomic E-state index is 0.145. The average Bonchev–Trinajstić information content (AvgIpc) is 2.64. The highest BCUT2D eigenvalue weighted by atomic mass is 32.2. The van der Waals surface area contributed by atoms with Gasteiger partial charge in [-0.05, 0) is 24.3 Å². The predicted molar refractivity (Wildman–Crippen MR) is 102 cm³/mol. The third kappa shape index (κ3) is 4.60. The molecule has 142 valence electrons. The first-order valence-electron chi connectivity index (χ1n) is 8.71. The normalized spacial score (nSPS) is 15.4. The second-order valence-corrected chi connectivity index (χ2v) is 8.24. The topological polar surface area (TPSA) is 95.5 Å². The van der Waals surface area contributed by atoms with E-state index in [2.05, 4.69) is 10.0 Å². The Balaban J connectivity index is 2.38. The van der Waals surface area contributed by atoms with Crippen LogP contribution in [0.4, 0.5) is 0 Å². The predicted octanol–water partition coefficient (Wildman–Crippen LogP) is 2.03. The Morgan fingerprint density at radius 3 is 2.42 bits per heavy atom. The second kappa shape index (κ2) is 8.62. The quantitative estimate of drug-likeness (QED) is 0.655. The fourth-order valence-corrected chi connectivity index (χ4v) is 4.24. The van der Waals surface area contributed by atoms with Gasteiger partial charge in [0, 0.05) is 11.4 Å². The van der Waals surface area contributed by atoms with E-state index in [9.17, 15) is 13.2 Å². The Kier molecular flexibility index (Phi) is 6.75. The molecule has 7 heteroatoms. The molecule has 1 amide bonds. The molecule has 0 radical (unpaired) electrons. The van der Waals surface area contributed by atoms with Gasteiger partial charge in [-0.15, -0.1) is 0 Å². The lowest BCUT2D eigenvalue weighted by Gasteiger charge is -2.25. The van der Waals surface area contributed by atoms with Gasteiger partial charge in [-0.25, -0.2) is 8.42 Å². The highest BCUT2D eigenvalue weighted by Gasteiger charge is 2.30. The Bertz CT molecular complexity index is 861. The van der Waals surface area contributed by atoms with Gasteiger partial charge in [0.1, 0.15) is 6.04 Å². The first kappa shape index (κ1) is 20.4. The number of hydrogen-bond acceptors (Lipinski definition) is 4. The van der Waals surface area contributed by atoms with Gasteiger partial charge >= 0.3 is 0 Å². The van der Waals surface area contributed by atoms with Crippen LogP contribution in [0.5, 0.6) is 0 Å². The first-order chi connectivity index (χ1) is 12.3. The molecule has 0 bridgehead atoms. The largest absolute Gasteiger partial charge is 0.394 e. The lowest BCUT2D eigenvalue weighted by atomic mass is 9.99. The molecule has 0 saturated heterocycles. The molecule has 26 heavy (non-hydrogen) atoms. The third-order valence-corrected chi connectivity index (χ3v) is 5.98. The maximum Gasteiger partial charge on any atom is 0.241 e. The van der Waals surface area contributed by atoms with E-state index in [0.29, 0.717) is 11.8 Å². The number of carbonyl (C=O) groups excluding carboxylic acids is 1. The zero-order chi connectivity index (χ0) is 19.3. The van der Waals surface area contributed by atoms with Crippen LogP contribution in [0.15, 0.2) is 47.4 Å². The van der Waals surface area contributed by atoms with Crippen LogP contribution in [0.3, 0.4) is 0 Å². The summed E-state index contributed by atoms with van der Waals surface area (Å²) in [4.78, 5) is 12.7. The van der Waals surface area contributed by atoms with Crippen LogP contribution in [0.1, 0.15) is 27.2 Å². The molecular weight excluding hydrogens is 352 g/mol. The fraction of sp³-hybridized carbons (Fsp3) is 0.421. The van der Waals surface area contributed by atoms with Crippen LogP contribution in [0, 0.1) is 5.92 Å². The van der Waals surface area contributed by atoms with Crippen LogP contribution in [0.2, 0.25) is 0 Å². The summed E-state index contributed by atoms with van der Waals surface area (Å²) in [5, 5.41) is 13.2. The minimum atomic E-state index is -3.90. The van der Waals surface area contributed by atoms with Crippen molar-refractivity contribution in [1.82, 2.24) is 10.0 Å². The van der Waals surface area contributed by atoms with Crippen molar-refractivity contribution in [3.8, 4) is 0 Å². The number of sulfonamides is 1. The summed E-state index contributed by atoms with van der Waals surface area (Å²) < 4.78 is 28.6. The van der Waals surface area contributed by atoms with Crippen LogP contribution < -0.4 is 10.0 Å². The summed E-state index contributed by atoms with van der Waals surface area (Å²) in [5.74, 6) is -0.643. The second-order valence-electron chi connectivity index (χ2n) is 6.55. The van der Waals surface area contributed by atoms with Gasteiger partial charge < -0.3 is 10.4 Å². The molecule has 2 rings (SSSR count). The number of rotatable bonds is 8. The average molecular weight is 378 g/mol. The Hall–Kier alpha value is -1.96. The molecule has 0 spiro atoms. The highest BCUT2D eigenvalue weighted by molar-refractivity contribution is 7.89. The SMILES string of the molecule is CCC(C)[C@H](NS(=O)(=O)c1cccc2ccccc12)C(=O)N[C@@H](C)CO. The maximum absolute atomic E-state index is 13.0. The molecule has 0 aliphatic rings. The first-order valence-corrected chi connectivity index (χ1v) is 10.2. The minimum Gasteiger partial charge on any atom is -0.394 e. The van der Waals surface area contributed by atoms with E-state index in [0.717, 1.165) is 5.39 Å². The molecular formula is C19H26N2O4S. The van der Waals surface area contributed by atoms with Crippen molar-refractivity contribution in [3.63, 3.8) is 0 Å². The molecule has 1 unspecified atom stereocenters. The number of aliphatic hydroxyl groups is 1. The zero-order valence-corrected chi connectivity index (χ0v) is 16.1. The van der Waals surface area contributed by atoms with E-state index >= 15 is 0 Å². The van der Waals surface area contributed by atoms with E-state index in [1.165, 1.54) is 6.07 Å².